The number of aromatic nitrogens is 8. The molecule has 6 heterocycles. The molecule has 0 N–H and O–H groups in total. The first-order valence-electron chi connectivity index (χ1n) is 46.5. The van der Waals surface area contributed by atoms with Gasteiger partial charge in [-0.3, -0.25) is 0 Å². The predicted octanol–water partition coefficient (Wildman–Crippen LogP) is 33.9. The smallest absolute Gasteiger partial charge is 0.0979 e. The van der Waals surface area contributed by atoms with Gasteiger partial charge in [-0.05, 0) is 243 Å². The molecular formula is C128H78N8. The third-order valence-corrected chi connectivity index (χ3v) is 28.4. The Balaban J connectivity index is 0.000000136. The first-order valence-corrected chi connectivity index (χ1v) is 46.5. The van der Waals surface area contributed by atoms with E-state index in [1.165, 1.54) is 141 Å². The highest BCUT2D eigenvalue weighted by atomic mass is 15.0. The second-order valence-corrected chi connectivity index (χ2v) is 35.9. The second-order valence-electron chi connectivity index (χ2n) is 35.9. The van der Waals surface area contributed by atoms with Gasteiger partial charge in [-0.1, -0.05) is 316 Å². The lowest BCUT2D eigenvalue weighted by molar-refractivity contribution is 1.17. The van der Waals surface area contributed by atoms with Crippen molar-refractivity contribution in [3.05, 3.63) is 467 Å². The maximum Gasteiger partial charge on any atom is 0.0979 e. The topological polar surface area (TPSA) is 71.3 Å². The second kappa shape index (κ2) is 30.4. The predicted molar refractivity (Wildman–Crippen MR) is 575 cm³/mol. The van der Waals surface area contributed by atoms with Gasteiger partial charge in [0.1, 0.15) is 0 Å². The van der Waals surface area contributed by atoms with Crippen molar-refractivity contribution in [2.24, 2.45) is 0 Å². The Hall–Kier alpha value is -18.2. The molecule has 0 aliphatic heterocycles. The van der Waals surface area contributed by atoms with Crippen LogP contribution in [0, 0.1) is 0 Å². The molecular weight excluding hydrogens is 1650 g/mol. The van der Waals surface area contributed by atoms with E-state index in [1.807, 2.05) is 36.4 Å². The number of nitrogens with zero attached hydrogens (tertiary/aromatic N) is 8. The van der Waals surface area contributed by atoms with Gasteiger partial charge < -0.3 is 18.3 Å². The van der Waals surface area contributed by atoms with Crippen molar-refractivity contribution in [1.29, 1.82) is 0 Å². The third kappa shape index (κ3) is 12.0. The Morgan fingerprint density at radius 2 is 0.507 bits per heavy atom. The first kappa shape index (κ1) is 76.6. The molecule has 29 aromatic rings. The summed E-state index contributed by atoms with van der Waals surface area (Å²) in [7, 11) is 0. The van der Waals surface area contributed by atoms with Crippen LogP contribution < -0.4 is 0 Å². The minimum Gasteiger partial charge on any atom is -0.309 e. The maximum atomic E-state index is 5.41. The van der Waals surface area contributed by atoms with Gasteiger partial charge in [0.05, 0.1) is 100 Å². The van der Waals surface area contributed by atoms with Crippen LogP contribution >= 0.6 is 0 Å². The average molecular weight is 1730 g/mol. The van der Waals surface area contributed by atoms with Crippen molar-refractivity contribution < 1.29 is 0 Å². The summed E-state index contributed by atoms with van der Waals surface area (Å²) in [5.41, 5.74) is 26.2. The molecule has 6 aromatic heterocycles. The molecule has 0 saturated heterocycles. The van der Waals surface area contributed by atoms with Gasteiger partial charge >= 0.3 is 0 Å². The molecule has 136 heavy (non-hydrogen) atoms. The zero-order valence-electron chi connectivity index (χ0n) is 73.7. The van der Waals surface area contributed by atoms with E-state index in [9.17, 15) is 0 Å². The summed E-state index contributed by atoms with van der Waals surface area (Å²) >= 11 is 0. The van der Waals surface area contributed by atoms with Crippen LogP contribution in [0.15, 0.2) is 462 Å². The molecule has 0 atom stereocenters. The van der Waals surface area contributed by atoms with Crippen LogP contribution in [0.25, 0.3) is 280 Å². The molecule has 0 aliphatic rings. The lowest BCUT2D eigenvalue weighted by Gasteiger charge is -2.15. The number of rotatable bonds is 10. The maximum absolute atomic E-state index is 5.41. The number of fused-ring (bicyclic) bond motifs is 26. The van der Waals surface area contributed by atoms with Gasteiger partial charge in [0.2, 0.25) is 0 Å². The Kier molecular flexibility index (Phi) is 17.1. The summed E-state index contributed by atoms with van der Waals surface area (Å²) in [6.07, 6.45) is 5.93. The average Bonchev–Trinajstić information content (AvgIpc) is 1.61. The van der Waals surface area contributed by atoms with Gasteiger partial charge in [-0.25, -0.2) is 19.9 Å². The van der Waals surface area contributed by atoms with Gasteiger partial charge in [-0.2, -0.15) is 0 Å². The molecule has 0 amide bonds. The van der Waals surface area contributed by atoms with E-state index in [1.54, 1.807) is 0 Å². The monoisotopic (exact) mass is 1730 g/mol. The molecule has 0 bridgehead atoms. The number of allylic oxidation sites excluding steroid dienone is 2. The fourth-order valence-electron chi connectivity index (χ4n) is 22.2. The molecule has 8 nitrogen and oxygen atoms in total. The summed E-state index contributed by atoms with van der Waals surface area (Å²) in [6, 6.07) is 161. The zero-order chi connectivity index (χ0) is 89.3. The van der Waals surface area contributed by atoms with E-state index in [0.29, 0.717) is 0 Å². The highest BCUT2D eigenvalue weighted by Crippen LogP contribution is 2.48. The lowest BCUT2D eigenvalue weighted by Crippen LogP contribution is -1.98. The first-order chi connectivity index (χ1) is 67.4. The Labute approximate surface area is 780 Å². The SMILES string of the molecule is C=C/C=C\c1ccc2c(c1)c1ccccc1n2-c1ccc2c(c1)c1cc3ccccc3cc1n2-c1cccc2cc(-c3nc4ccccc4nc3-c3ccc4c5ccccc5c5ccccc5c4c3)ccc12.c1ccc2cc3c(cc2c1)c1ccccc1n3-c1ccc2c(c1)c1cc3ccccc3cc1n2-c1cccc2cc(-c3nc4ccccc4nc3-c3cccc4ccccc34)ccc12. The van der Waals surface area contributed by atoms with Crippen molar-refractivity contribution in [1.82, 2.24) is 38.2 Å². The Bertz CT molecular complexity index is 10200. The molecule has 0 radical (unpaired) electrons. The van der Waals surface area contributed by atoms with Gasteiger partial charge in [0.15, 0.2) is 0 Å². The van der Waals surface area contributed by atoms with Gasteiger partial charge in [0.25, 0.3) is 0 Å². The highest BCUT2D eigenvalue weighted by molar-refractivity contribution is 6.27. The highest BCUT2D eigenvalue weighted by Gasteiger charge is 2.26. The van der Waals surface area contributed by atoms with Crippen molar-refractivity contribution in [3.63, 3.8) is 0 Å². The minimum atomic E-state index is 0.857. The van der Waals surface area contributed by atoms with Crippen LogP contribution in [-0.4, -0.2) is 38.2 Å². The van der Waals surface area contributed by atoms with Crippen LogP contribution in [0.5, 0.6) is 0 Å². The van der Waals surface area contributed by atoms with Crippen LogP contribution in [0.3, 0.4) is 0 Å². The largest absolute Gasteiger partial charge is 0.309 e. The van der Waals surface area contributed by atoms with Gasteiger partial charge in [-0.15, -0.1) is 0 Å². The molecule has 0 fully saturated rings. The molecule has 0 aliphatic carbocycles. The standard InChI is InChI=1S/C68H42N4.C60H36N4/c1-2-3-15-42-28-34-64-57(36-42)55-23-10-13-26-63(55)71(64)48-31-35-65-59(41-48)58-38-43-16-4-5-17-44(43)40-66(58)72(65)62-27-14-18-45-37-46(29-32-49(45)62)67-68(70-61-25-12-11-24-60(61)69-67)47-30-33-54-52-21-7-6-19-50(52)51-20-8-9-22-53(51)56(54)39-47;1-3-16-40-34-57-49(32-38(40)14-1)47-21-7-10-25-55(47)63(57)44-28-30-56-51(36-44)50-33-39-15-2-4-17-41(39)35-58(50)64(56)54-26-12-19-42-31-43(27-29-46(42)54)59-60(62-53-24-9-8-23-52(53)61-59)48-22-11-18-37-13-5-6-20-45(37)48/h2-41H,1H2;1-36H/b15-3-;. The van der Waals surface area contributed by atoms with E-state index in [0.717, 1.165) is 139 Å². The van der Waals surface area contributed by atoms with E-state index in [2.05, 4.69) is 450 Å². The number of hydrogen-bond acceptors (Lipinski definition) is 4. The van der Waals surface area contributed by atoms with Crippen LogP contribution in [0.1, 0.15) is 5.56 Å². The van der Waals surface area contributed by atoms with Crippen molar-refractivity contribution >= 4 is 212 Å². The van der Waals surface area contributed by atoms with Crippen molar-refractivity contribution in [3.8, 4) is 67.8 Å². The number of para-hydroxylation sites is 6. The summed E-state index contributed by atoms with van der Waals surface area (Å²) in [4.78, 5) is 21.5. The molecule has 29 rings (SSSR count). The van der Waals surface area contributed by atoms with E-state index in [4.69, 9.17) is 19.9 Å². The van der Waals surface area contributed by atoms with Crippen LogP contribution in [0.2, 0.25) is 0 Å². The fraction of sp³-hybridized carbons (Fsp3) is 0. The summed E-state index contributed by atoms with van der Waals surface area (Å²) in [5.74, 6) is 0. The molecule has 0 unspecified atom stereocenters. The molecule has 8 heteroatoms. The quantitative estimate of drug-likeness (QED) is 0.101. The van der Waals surface area contributed by atoms with Crippen LogP contribution in [0.4, 0.5) is 0 Å². The lowest BCUT2D eigenvalue weighted by atomic mass is 9.92. The molecule has 0 saturated carbocycles. The summed E-state index contributed by atoms with van der Waals surface area (Å²) in [5, 5.41) is 31.5. The molecule has 0 spiro atoms. The summed E-state index contributed by atoms with van der Waals surface area (Å²) < 4.78 is 9.81. The van der Waals surface area contributed by atoms with E-state index >= 15 is 0 Å². The zero-order valence-corrected chi connectivity index (χ0v) is 73.7. The third-order valence-electron chi connectivity index (χ3n) is 28.4. The summed E-state index contributed by atoms with van der Waals surface area (Å²) in [6.45, 7) is 3.89. The fourth-order valence-corrected chi connectivity index (χ4v) is 22.2. The normalized spacial score (nSPS) is 12.1. The van der Waals surface area contributed by atoms with Crippen molar-refractivity contribution in [2.75, 3.05) is 0 Å². The van der Waals surface area contributed by atoms with Crippen molar-refractivity contribution in [2.45, 2.75) is 0 Å². The minimum absolute atomic E-state index is 0.857. The van der Waals surface area contributed by atoms with E-state index < -0.39 is 0 Å². The Morgan fingerprint density at radius 3 is 1.00 bits per heavy atom. The Morgan fingerprint density at radius 1 is 0.184 bits per heavy atom. The van der Waals surface area contributed by atoms with Crippen LogP contribution in [-0.2, 0) is 0 Å². The molecule has 23 aromatic carbocycles. The van der Waals surface area contributed by atoms with E-state index in [-0.39, 0.29) is 0 Å². The molecule has 630 valence electrons. The number of hydrogen-bond donors (Lipinski definition) is 0. The van der Waals surface area contributed by atoms with Gasteiger partial charge in [0, 0.05) is 87.5 Å². The number of benzene rings is 23.